The van der Waals surface area contributed by atoms with E-state index in [2.05, 4.69) is 25.8 Å². The van der Waals surface area contributed by atoms with E-state index >= 15 is 0 Å². The van der Waals surface area contributed by atoms with Crippen molar-refractivity contribution in [3.63, 3.8) is 0 Å². The molecule has 5 nitrogen and oxygen atoms in total. The molecule has 2 aromatic rings. The third-order valence-electron chi connectivity index (χ3n) is 4.03. The van der Waals surface area contributed by atoms with Crippen molar-refractivity contribution in [3.8, 4) is 0 Å². The number of hydrogen-bond donors (Lipinski definition) is 0. The standard InChI is InChI=1S/C16H18BrN3O2S/c1-13-2-3-14(17)12-16(13)23(21,22)20-10-8-19(9-11-20)15-4-6-18-7-5-15/h2-7,12H,8-11H2,1H3. The smallest absolute Gasteiger partial charge is 0.243 e. The second kappa shape index (κ2) is 6.59. The van der Waals surface area contributed by atoms with Gasteiger partial charge in [0.05, 0.1) is 4.90 Å². The molecule has 0 aliphatic carbocycles. The number of anilines is 1. The maximum Gasteiger partial charge on any atom is 0.243 e. The first-order chi connectivity index (χ1) is 11.0. The molecule has 0 saturated carbocycles. The lowest BCUT2D eigenvalue weighted by Crippen LogP contribution is -2.48. The molecule has 1 aromatic heterocycles. The minimum Gasteiger partial charge on any atom is -0.369 e. The number of nitrogens with zero attached hydrogens (tertiary/aromatic N) is 3. The molecule has 0 unspecified atom stereocenters. The van der Waals surface area contributed by atoms with Crippen molar-refractivity contribution in [3.05, 3.63) is 52.8 Å². The van der Waals surface area contributed by atoms with Crippen LogP contribution in [0.2, 0.25) is 0 Å². The molecule has 1 aliphatic heterocycles. The lowest BCUT2D eigenvalue weighted by molar-refractivity contribution is 0.384. The number of sulfonamides is 1. The minimum absolute atomic E-state index is 0.379. The lowest BCUT2D eigenvalue weighted by atomic mass is 10.2. The number of aromatic nitrogens is 1. The van der Waals surface area contributed by atoms with E-state index in [1.807, 2.05) is 31.2 Å². The Bertz CT molecular complexity index is 788. The van der Waals surface area contributed by atoms with Crippen molar-refractivity contribution < 1.29 is 8.42 Å². The van der Waals surface area contributed by atoms with E-state index in [1.165, 1.54) is 0 Å². The van der Waals surface area contributed by atoms with Gasteiger partial charge < -0.3 is 4.90 Å². The average Bonchev–Trinajstić information content (AvgIpc) is 2.58. The summed E-state index contributed by atoms with van der Waals surface area (Å²) in [6, 6.07) is 9.26. The number of benzene rings is 1. The number of pyridine rings is 1. The Morgan fingerprint density at radius 1 is 1.04 bits per heavy atom. The lowest BCUT2D eigenvalue weighted by Gasteiger charge is -2.35. The Morgan fingerprint density at radius 3 is 2.35 bits per heavy atom. The van der Waals surface area contributed by atoms with Crippen molar-refractivity contribution in [2.75, 3.05) is 31.1 Å². The maximum absolute atomic E-state index is 12.9. The number of rotatable bonds is 3. The molecule has 0 N–H and O–H groups in total. The van der Waals surface area contributed by atoms with Gasteiger partial charge in [0.1, 0.15) is 0 Å². The highest BCUT2D eigenvalue weighted by atomic mass is 79.9. The van der Waals surface area contributed by atoms with Crippen LogP contribution in [0.4, 0.5) is 5.69 Å². The van der Waals surface area contributed by atoms with Crippen molar-refractivity contribution in [1.82, 2.24) is 9.29 Å². The summed E-state index contributed by atoms with van der Waals surface area (Å²) >= 11 is 3.36. The maximum atomic E-state index is 12.9. The van der Waals surface area contributed by atoms with Crippen LogP contribution in [0, 0.1) is 6.92 Å². The summed E-state index contributed by atoms with van der Waals surface area (Å²) in [5.41, 5.74) is 1.85. The molecule has 0 bridgehead atoms. The van der Waals surface area contributed by atoms with Crippen LogP contribution >= 0.6 is 15.9 Å². The Morgan fingerprint density at radius 2 is 1.70 bits per heavy atom. The van der Waals surface area contributed by atoms with Gasteiger partial charge in [-0.3, -0.25) is 4.98 Å². The number of aryl methyl sites for hydroxylation is 1. The molecule has 1 aromatic carbocycles. The molecule has 1 fully saturated rings. The highest BCUT2D eigenvalue weighted by Crippen LogP contribution is 2.25. The van der Waals surface area contributed by atoms with E-state index in [0.717, 1.165) is 15.7 Å². The van der Waals surface area contributed by atoms with E-state index in [4.69, 9.17) is 0 Å². The Hall–Kier alpha value is -1.44. The number of halogens is 1. The van der Waals surface area contributed by atoms with Gasteiger partial charge in [0.2, 0.25) is 10.0 Å². The monoisotopic (exact) mass is 395 g/mol. The molecule has 2 heterocycles. The molecular weight excluding hydrogens is 378 g/mol. The molecule has 122 valence electrons. The van der Waals surface area contributed by atoms with Crippen LogP contribution in [-0.4, -0.2) is 43.9 Å². The van der Waals surface area contributed by atoms with Crippen LogP contribution < -0.4 is 4.90 Å². The van der Waals surface area contributed by atoms with Gasteiger partial charge in [-0.2, -0.15) is 4.31 Å². The topological polar surface area (TPSA) is 53.5 Å². The Balaban J connectivity index is 1.78. The largest absolute Gasteiger partial charge is 0.369 e. The van der Waals surface area contributed by atoms with Crippen LogP contribution in [0.15, 0.2) is 52.1 Å². The minimum atomic E-state index is -3.46. The summed E-state index contributed by atoms with van der Waals surface area (Å²) in [7, 11) is -3.46. The molecule has 0 amide bonds. The van der Waals surface area contributed by atoms with E-state index < -0.39 is 10.0 Å². The van der Waals surface area contributed by atoms with Gasteiger partial charge >= 0.3 is 0 Å². The highest BCUT2D eigenvalue weighted by molar-refractivity contribution is 9.10. The fourth-order valence-corrected chi connectivity index (χ4v) is 4.92. The van der Waals surface area contributed by atoms with Gasteiger partial charge in [0, 0.05) is 48.7 Å². The first kappa shape index (κ1) is 16.4. The number of hydrogen-bond acceptors (Lipinski definition) is 4. The molecule has 0 spiro atoms. The van der Waals surface area contributed by atoms with Crippen molar-refractivity contribution in [2.24, 2.45) is 0 Å². The summed E-state index contributed by atoms with van der Waals surface area (Å²) in [5.74, 6) is 0. The summed E-state index contributed by atoms with van der Waals surface area (Å²) in [5, 5.41) is 0. The molecule has 3 rings (SSSR count). The van der Waals surface area contributed by atoms with Gasteiger partial charge in [-0.25, -0.2) is 8.42 Å². The van der Waals surface area contributed by atoms with Crippen LogP contribution in [-0.2, 0) is 10.0 Å². The SMILES string of the molecule is Cc1ccc(Br)cc1S(=O)(=O)N1CCN(c2ccncc2)CC1. The molecule has 1 aliphatic rings. The van der Waals surface area contributed by atoms with Crippen LogP contribution in [0.3, 0.4) is 0 Å². The molecule has 1 saturated heterocycles. The zero-order valence-electron chi connectivity index (χ0n) is 12.8. The normalized spacial score (nSPS) is 16.5. The zero-order chi connectivity index (χ0) is 16.4. The predicted molar refractivity (Wildman–Crippen MR) is 94.1 cm³/mol. The van der Waals surface area contributed by atoms with Gasteiger partial charge in [0.15, 0.2) is 0 Å². The second-order valence-electron chi connectivity index (χ2n) is 5.51. The van der Waals surface area contributed by atoms with Crippen molar-refractivity contribution in [1.29, 1.82) is 0 Å². The zero-order valence-corrected chi connectivity index (χ0v) is 15.2. The van der Waals surface area contributed by atoms with E-state index in [-0.39, 0.29) is 0 Å². The third-order valence-corrected chi connectivity index (χ3v) is 6.57. The fraction of sp³-hybridized carbons (Fsp3) is 0.312. The number of piperazine rings is 1. The van der Waals surface area contributed by atoms with E-state index in [1.54, 1.807) is 22.8 Å². The van der Waals surface area contributed by atoms with Gasteiger partial charge in [-0.05, 0) is 36.8 Å². The molecular formula is C16H18BrN3O2S. The summed E-state index contributed by atoms with van der Waals surface area (Å²) in [4.78, 5) is 6.58. The molecule has 7 heteroatoms. The summed E-state index contributed by atoms with van der Waals surface area (Å²) < 4.78 is 28.1. The molecule has 23 heavy (non-hydrogen) atoms. The van der Waals surface area contributed by atoms with Crippen molar-refractivity contribution in [2.45, 2.75) is 11.8 Å². The van der Waals surface area contributed by atoms with Crippen LogP contribution in [0.5, 0.6) is 0 Å². The summed E-state index contributed by atoms with van der Waals surface area (Å²) in [6.45, 7) is 4.15. The third kappa shape index (κ3) is 3.41. The Labute approximate surface area is 145 Å². The highest BCUT2D eigenvalue weighted by Gasteiger charge is 2.29. The van der Waals surface area contributed by atoms with E-state index in [0.29, 0.717) is 31.1 Å². The van der Waals surface area contributed by atoms with E-state index in [9.17, 15) is 8.42 Å². The Kier molecular flexibility index (Phi) is 4.70. The quantitative estimate of drug-likeness (QED) is 0.801. The summed E-state index contributed by atoms with van der Waals surface area (Å²) in [6.07, 6.45) is 3.51. The van der Waals surface area contributed by atoms with Crippen LogP contribution in [0.25, 0.3) is 0 Å². The van der Waals surface area contributed by atoms with Gasteiger partial charge in [-0.1, -0.05) is 22.0 Å². The predicted octanol–water partition coefficient (Wildman–Crippen LogP) is 2.66. The van der Waals surface area contributed by atoms with Gasteiger partial charge in [-0.15, -0.1) is 0 Å². The van der Waals surface area contributed by atoms with Crippen molar-refractivity contribution >= 4 is 31.6 Å². The van der Waals surface area contributed by atoms with Gasteiger partial charge in [0.25, 0.3) is 0 Å². The van der Waals surface area contributed by atoms with Crippen LogP contribution in [0.1, 0.15) is 5.56 Å². The fourth-order valence-electron chi connectivity index (χ4n) is 2.73. The molecule has 0 atom stereocenters. The first-order valence-electron chi connectivity index (χ1n) is 7.40. The first-order valence-corrected chi connectivity index (χ1v) is 9.63. The molecule has 0 radical (unpaired) electrons. The average molecular weight is 396 g/mol. The second-order valence-corrected chi connectivity index (χ2v) is 8.33.